The SMILES string of the molecule is Cc1cnc2c(c1)nc(Cl)c1nncn12. The minimum atomic E-state index is 0.340. The molecule has 0 saturated heterocycles. The van der Waals surface area contributed by atoms with Crippen molar-refractivity contribution in [3.63, 3.8) is 0 Å². The van der Waals surface area contributed by atoms with Gasteiger partial charge in [0.25, 0.3) is 0 Å². The van der Waals surface area contributed by atoms with Crippen LogP contribution in [0.25, 0.3) is 16.8 Å². The predicted molar refractivity (Wildman–Crippen MR) is 55.8 cm³/mol. The number of hydrogen-bond donors (Lipinski definition) is 0. The summed E-state index contributed by atoms with van der Waals surface area (Å²) in [5.74, 6) is 0. The number of aromatic nitrogens is 5. The van der Waals surface area contributed by atoms with Crippen LogP contribution in [0.5, 0.6) is 0 Å². The van der Waals surface area contributed by atoms with Gasteiger partial charge in [-0.25, -0.2) is 9.97 Å². The van der Waals surface area contributed by atoms with Crippen molar-refractivity contribution in [2.24, 2.45) is 0 Å². The summed E-state index contributed by atoms with van der Waals surface area (Å²) in [4.78, 5) is 8.50. The van der Waals surface area contributed by atoms with Gasteiger partial charge < -0.3 is 0 Å². The zero-order valence-corrected chi connectivity index (χ0v) is 8.60. The van der Waals surface area contributed by atoms with Crippen molar-refractivity contribution in [3.05, 3.63) is 29.3 Å². The number of fused-ring (bicyclic) bond motifs is 3. The first-order valence-electron chi connectivity index (χ1n) is 4.37. The van der Waals surface area contributed by atoms with Gasteiger partial charge in [0.2, 0.25) is 0 Å². The van der Waals surface area contributed by atoms with Gasteiger partial charge in [0.15, 0.2) is 16.4 Å². The van der Waals surface area contributed by atoms with E-state index >= 15 is 0 Å². The average Bonchev–Trinajstić information content (AvgIpc) is 2.66. The Kier molecular flexibility index (Phi) is 1.63. The van der Waals surface area contributed by atoms with E-state index in [1.165, 1.54) is 0 Å². The third-order valence-electron chi connectivity index (χ3n) is 2.16. The lowest BCUT2D eigenvalue weighted by molar-refractivity contribution is 1.10. The lowest BCUT2D eigenvalue weighted by atomic mass is 10.3. The number of aryl methyl sites for hydroxylation is 1. The minimum Gasteiger partial charge on any atom is -0.261 e. The molecule has 0 aliphatic heterocycles. The Morgan fingerprint density at radius 2 is 2.20 bits per heavy atom. The third kappa shape index (κ3) is 1.16. The number of halogens is 1. The quantitative estimate of drug-likeness (QED) is 0.577. The van der Waals surface area contributed by atoms with E-state index in [1.807, 2.05) is 13.0 Å². The van der Waals surface area contributed by atoms with Crippen molar-refractivity contribution in [2.75, 3.05) is 0 Å². The van der Waals surface area contributed by atoms with Gasteiger partial charge >= 0.3 is 0 Å². The summed E-state index contributed by atoms with van der Waals surface area (Å²) < 4.78 is 1.73. The van der Waals surface area contributed by atoms with Gasteiger partial charge in [-0.3, -0.25) is 4.40 Å². The molecule has 74 valence electrons. The predicted octanol–water partition coefficient (Wildman–Crippen LogP) is 1.63. The van der Waals surface area contributed by atoms with E-state index in [2.05, 4.69) is 20.2 Å². The van der Waals surface area contributed by atoms with E-state index in [-0.39, 0.29) is 0 Å². The van der Waals surface area contributed by atoms with Crippen LogP contribution >= 0.6 is 11.6 Å². The summed E-state index contributed by atoms with van der Waals surface area (Å²) >= 11 is 5.97. The van der Waals surface area contributed by atoms with Crippen LogP contribution in [-0.2, 0) is 0 Å². The molecule has 0 saturated carbocycles. The molecule has 15 heavy (non-hydrogen) atoms. The summed E-state index contributed by atoms with van der Waals surface area (Å²) in [7, 11) is 0. The highest BCUT2D eigenvalue weighted by molar-refractivity contribution is 6.32. The smallest absolute Gasteiger partial charge is 0.200 e. The third-order valence-corrected chi connectivity index (χ3v) is 2.42. The standard InChI is InChI=1S/C9H6ClN5/c1-5-2-6-8(11-3-5)15-4-12-14-9(15)7(10)13-6/h2-4H,1H3. The molecule has 0 aromatic carbocycles. The first-order chi connectivity index (χ1) is 7.25. The van der Waals surface area contributed by atoms with E-state index in [1.54, 1.807) is 16.9 Å². The fourth-order valence-electron chi connectivity index (χ4n) is 1.50. The van der Waals surface area contributed by atoms with Crippen molar-refractivity contribution in [2.45, 2.75) is 6.92 Å². The Hall–Kier alpha value is -1.75. The van der Waals surface area contributed by atoms with Crippen molar-refractivity contribution in [1.29, 1.82) is 0 Å². The largest absolute Gasteiger partial charge is 0.261 e. The fourth-order valence-corrected chi connectivity index (χ4v) is 1.72. The Labute approximate surface area is 89.7 Å². The van der Waals surface area contributed by atoms with E-state index in [4.69, 9.17) is 11.6 Å². The lowest BCUT2D eigenvalue weighted by Gasteiger charge is -2.01. The highest BCUT2D eigenvalue weighted by Gasteiger charge is 2.08. The fraction of sp³-hybridized carbons (Fsp3) is 0.111. The number of pyridine rings is 1. The minimum absolute atomic E-state index is 0.340. The summed E-state index contributed by atoms with van der Waals surface area (Å²) in [6.07, 6.45) is 3.35. The summed E-state index contributed by atoms with van der Waals surface area (Å²) in [5.41, 5.74) is 3.02. The zero-order chi connectivity index (χ0) is 10.4. The highest BCUT2D eigenvalue weighted by Crippen LogP contribution is 2.18. The van der Waals surface area contributed by atoms with Crippen LogP contribution in [0.4, 0.5) is 0 Å². The maximum atomic E-state index is 5.97. The molecule has 6 heteroatoms. The topological polar surface area (TPSA) is 56.0 Å². The molecule has 0 amide bonds. The number of rotatable bonds is 0. The Bertz CT molecular complexity index is 660. The van der Waals surface area contributed by atoms with Crippen LogP contribution in [0.1, 0.15) is 5.56 Å². The first kappa shape index (κ1) is 8.55. The van der Waals surface area contributed by atoms with Crippen molar-refractivity contribution < 1.29 is 0 Å². The van der Waals surface area contributed by atoms with Crippen LogP contribution in [0, 0.1) is 6.92 Å². The van der Waals surface area contributed by atoms with Crippen LogP contribution in [0.3, 0.4) is 0 Å². The highest BCUT2D eigenvalue weighted by atomic mass is 35.5. The molecule has 0 N–H and O–H groups in total. The van der Waals surface area contributed by atoms with Gasteiger partial charge in [0.05, 0.1) is 0 Å². The molecule has 0 unspecified atom stereocenters. The van der Waals surface area contributed by atoms with Gasteiger partial charge in [-0.15, -0.1) is 10.2 Å². The second kappa shape index (κ2) is 2.87. The first-order valence-corrected chi connectivity index (χ1v) is 4.75. The molecule has 0 aliphatic rings. The summed E-state index contributed by atoms with van der Waals surface area (Å²) in [6, 6.07) is 1.92. The molecule has 3 aromatic heterocycles. The number of hydrogen-bond acceptors (Lipinski definition) is 4. The molecular weight excluding hydrogens is 214 g/mol. The second-order valence-electron chi connectivity index (χ2n) is 3.28. The summed E-state index contributed by atoms with van der Waals surface area (Å²) in [6.45, 7) is 1.96. The normalized spacial score (nSPS) is 11.3. The van der Waals surface area contributed by atoms with Crippen molar-refractivity contribution in [3.8, 4) is 0 Å². The molecule has 0 bridgehead atoms. The Morgan fingerprint density at radius 3 is 3.07 bits per heavy atom. The lowest BCUT2D eigenvalue weighted by Crippen LogP contribution is -1.95. The van der Waals surface area contributed by atoms with E-state index in [0.717, 1.165) is 11.1 Å². The van der Waals surface area contributed by atoms with Crippen LogP contribution in [-0.4, -0.2) is 24.6 Å². The molecule has 3 heterocycles. The van der Waals surface area contributed by atoms with E-state index < -0.39 is 0 Å². The van der Waals surface area contributed by atoms with E-state index in [9.17, 15) is 0 Å². The molecule has 0 spiro atoms. The van der Waals surface area contributed by atoms with Gasteiger partial charge in [0.1, 0.15) is 11.8 Å². The van der Waals surface area contributed by atoms with Gasteiger partial charge in [-0.05, 0) is 18.6 Å². The van der Waals surface area contributed by atoms with Crippen molar-refractivity contribution >= 4 is 28.4 Å². The van der Waals surface area contributed by atoms with Gasteiger partial charge in [0, 0.05) is 6.20 Å². The van der Waals surface area contributed by atoms with Crippen LogP contribution in [0.15, 0.2) is 18.6 Å². The molecule has 0 atom stereocenters. The Morgan fingerprint density at radius 1 is 1.33 bits per heavy atom. The monoisotopic (exact) mass is 219 g/mol. The van der Waals surface area contributed by atoms with Gasteiger partial charge in [-0.1, -0.05) is 11.6 Å². The molecular formula is C9H6ClN5. The van der Waals surface area contributed by atoms with E-state index in [0.29, 0.717) is 16.4 Å². The molecule has 3 rings (SSSR count). The number of nitrogens with zero attached hydrogens (tertiary/aromatic N) is 5. The second-order valence-corrected chi connectivity index (χ2v) is 3.64. The molecule has 0 fully saturated rings. The average molecular weight is 220 g/mol. The van der Waals surface area contributed by atoms with Gasteiger partial charge in [-0.2, -0.15) is 0 Å². The molecule has 0 aliphatic carbocycles. The molecule has 0 radical (unpaired) electrons. The zero-order valence-electron chi connectivity index (χ0n) is 7.85. The maximum Gasteiger partial charge on any atom is 0.200 e. The van der Waals surface area contributed by atoms with Crippen molar-refractivity contribution in [1.82, 2.24) is 24.6 Å². The maximum absolute atomic E-state index is 5.97. The molecule has 3 aromatic rings. The molecule has 5 nitrogen and oxygen atoms in total. The summed E-state index contributed by atoms with van der Waals surface area (Å²) in [5, 5.41) is 7.99. The van der Waals surface area contributed by atoms with Crippen LogP contribution in [0.2, 0.25) is 5.15 Å². The van der Waals surface area contributed by atoms with Crippen LogP contribution < -0.4 is 0 Å². The Balaban J connectivity index is 2.60.